The van der Waals surface area contributed by atoms with Gasteiger partial charge >= 0.3 is 0 Å². The summed E-state index contributed by atoms with van der Waals surface area (Å²) >= 11 is 0. The van der Waals surface area contributed by atoms with E-state index in [1.165, 1.54) is 0 Å². The molecule has 0 aliphatic carbocycles. The Labute approximate surface area is 205 Å². The Kier molecular flexibility index (Phi) is 6.31. The summed E-state index contributed by atoms with van der Waals surface area (Å²) in [5, 5.41) is 2.98. The van der Waals surface area contributed by atoms with E-state index in [0.29, 0.717) is 12.3 Å². The van der Waals surface area contributed by atoms with Gasteiger partial charge in [0.05, 0.1) is 0 Å². The number of β-lactam (4-membered cyclic amide) rings is 1. The largest absolute Gasteiger partial charge is 0.484 e. The summed E-state index contributed by atoms with van der Waals surface area (Å²) < 4.78 is 5.64. The molecule has 1 N–H and O–H groups in total. The van der Waals surface area contributed by atoms with E-state index in [-0.39, 0.29) is 18.4 Å². The van der Waals surface area contributed by atoms with Crippen LogP contribution in [0.4, 0.5) is 0 Å². The van der Waals surface area contributed by atoms with E-state index in [1.807, 2.05) is 114 Å². The van der Waals surface area contributed by atoms with Crippen molar-refractivity contribution >= 4 is 11.8 Å². The summed E-state index contributed by atoms with van der Waals surface area (Å²) in [6, 6.07) is 38.1. The highest BCUT2D eigenvalue weighted by molar-refractivity contribution is 5.97. The van der Waals surface area contributed by atoms with Gasteiger partial charge in [0.2, 0.25) is 5.91 Å². The van der Waals surface area contributed by atoms with Crippen molar-refractivity contribution in [3.05, 3.63) is 138 Å². The predicted molar refractivity (Wildman–Crippen MR) is 135 cm³/mol. The van der Waals surface area contributed by atoms with Gasteiger partial charge in [-0.2, -0.15) is 0 Å². The highest BCUT2D eigenvalue weighted by Gasteiger charge is 2.62. The lowest BCUT2D eigenvalue weighted by molar-refractivity contribution is -0.164. The summed E-state index contributed by atoms with van der Waals surface area (Å²) in [6.07, 6.45) is 0. The van der Waals surface area contributed by atoms with Crippen molar-refractivity contribution in [1.82, 2.24) is 10.2 Å². The number of likely N-dealkylation sites (tertiary alicyclic amines) is 1. The number of amides is 2. The summed E-state index contributed by atoms with van der Waals surface area (Å²) in [4.78, 5) is 28.4. The average molecular weight is 463 g/mol. The molecule has 5 heteroatoms. The second-order valence-electron chi connectivity index (χ2n) is 8.51. The molecule has 2 amide bonds. The van der Waals surface area contributed by atoms with Crippen LogP contribution >= 0.6 is 0 Å². The topological polar surface area (TPSA) is 58.6 Å². The molecule has 0 bridgehead atoms. The number of hydrogen-bond acceptors (Lipinski definition) is 3. The lowest BCUT2D eigenvalue weighted by Gasteiger charge is -2.58. The molecule has 0 saturated carbocycles. The zero-order valence-corrected chi connectivity index (χ0v) is 19.2. The summed E-state index contributed by atoms with van der Waals surface area (Å²) in [5.74, 6) is 0.128. The fourth-order valence-corrected chi connectivity index (χ4v) is 4.80. The van der Waals surface area contributed by atoms with Gasteiger partial charge < -0.3 is 15.0 Å². The Morgan fingerprint density at radius 2 is 1.23 bits per heavy atom. The number of hydrogen-bond donors (Lipinski definition) is 1. The lowest BCUT2D eigenvalue weighted by atomic mass is 9.68. The van der Waals surface area contributed by atoms with Gasteiger partial charge in [0.15, 0.2) is 6.61 Å². The van der Waals surface area contributed by atoms with Crippen LogP contribution in [0, 0.1) is 0 Å². The Morgan fingerprint density at radius 1 is 0.743 bits per heavy atom. The van der Waals surface area contributed by atoms with Crippen molar-refractivity contribution in [2.24, 2.45) is 0 Å². The first-order valence-electron chi connectivity index (χ1n) is 11.6. The molecule has 35 heavy (non-hydrogen) atoms. The standard InChI is InChI=1S/C30H26N2O3/c33-27(22-35-26-19-11-4-12-20-26)31-28-29(34)32(21-23-13-5-1-6-14-23)30(28,24-15-7-2-8-16-24)25-17-9-3-10-18-25/h1-20,28H,21-22H2,(H,31,33). The van der Waals surface area contributed by atoms with Crippen LogP contribution in [0.3, 0.4) is 0 Å². The van der Waals surface area contributed by atoms with Crippen molar-refractivity contribution in [1.29, 1.82) is 0 Å². The lowest BCUT2D eigenvalue weighted by Crippen LogP contribution is -2.77. The molecule has 4 aromatic rings. The van der Waals surface area contributed by atoms with Gasteiger partial charge in [-0.3, -0.25) is 9.59 Å². The third kappa shape index (κ3) is 4.28. The molecule has 5 rings (SSSR count). The molecule has 0 spiro atoms. The molecule has 1 heterocycles. The van der Waals surface area contributed by atoms with Crippen molar-refractivity contribution in [2.75, 3.05) is 6.61 Å². The fourth-order valence-electron chi connectivity index (χ4n) is 4.80. The smallest absolute Gasteiger partial charge is 0.258 e. The van der Waals surface area contributed by atoms with Gasteiger partial charge in [-0.05, 0) is 28.8 Å². The maximum absolute atomic E-state index is 13.6. The van der Waals surface area contributed by atoms with Crippen LogP contribution in [0.5, 0.6) is 5.75 Å². The van der Waals surface area contributed by atoms with Crippen LogP contribution in [0.15, 0.2) is 121 Å². The van der Waals surface area contributed by atoms with Gasteiger partial charge in [0.1, 0.15) is 17.3 Å². The van der Waals surface area contributed by atoms with Crippen molar-refractivity contribution < 1.29 is 14.3 Å². The minimum absolute atomic E-state index is 0.130. The summed E-state index contributed by atoms with van der Waals surface area (Å²) in [5.41, 5.74) is 2.05. The molecule has 1 aliphatic heterocycles. The van der Waals surface area contributed by atoms with Crippen LogP contribution in [0.25, 0.3) is 0 Å². The molecular weight excluding hydrogens is 436 g/mol. The number of carbonyl (C=O) groups is 2. The molecule has 1 aliphatic rings. The predicted octanol–water partition coefficient (Wildman–Crippen LogP) is 4.54. The summed E-state index contributed by atoms with van der Waals surface area (Å²) in [7, 11) is 0. The molecule has 1 unspecified atom stereocenters. The molecule has 4 aromatic carbocycles. The Morgan fingerprint density at radius 3 is 1.77 bits per heavy atom. The normalized spacial score (nSPS) is 16.3. The Hall–Kier alpha value is -4.38. The second-order valence-corrected chi connectivity index (χ2v) is 8.51. The third-order valence-corrected chi connectivity index (χ3v) is 6.39. The molecular formula is C30H26N2O3. The number of ether oxygens (including phenoxy) is 1. The molecule has 174 valence electrons. The summed E-state index contributed by atoms with van der Waals surface area (Å²) in [6.45, 7) is 0.252. The molecule has 1 saturated heterocycles. The molecule has 0 radical (unpaired) electrons. The van der Waals surface area contributed by atoms with Crippen molar-refractivity contribution in [3.63, 3.8) is 0 Å². The Balaban J connectivity index is 1.51. The van der Waals surface area contributed by atoms with E-state index in [0.717, 1.165) is 16.7 Å². The number of para-hydroxylation sites is 1. The highest BCUT2D eigenvalue weighted by atomic mass is 16.5. The van der Waals surface area contributed by atoms with Crippen molar-refractivity contribution in [2.45, 2.75) is 18.1 Å². The molecule has 1 fully saturated rings. The molecule has 0 aromatic heterocycles. The minimum atomic E-state index is -0.849. The van der Waals surface area contributed by atoms with E-state index in [1.54, 1.807) is 12.1 Å². The second kappa shape index (κ2) is 9.85. The Bertz CT molecular complexity index is 1240. The number of benzene rings is 4. The number of nitrogens with zero attached hydrogens (tertiary/aromatic N) is 1. The van der Waals surface area contributed by atoms with E-state index < -0.39 is 11.6 Å². The number of nitrogens with one attached hydrogen (secondary N) is 1. The molecule has 1 atom stereocenters. The van der Waals surface area contributed by atoms with E-state index in [9.17, 15) is 9.59 Å². The number of carbonyl (C=O) groups excluding carboxylic acids is 2. The van der Waals surface area contributed by atoms with Gasteiger partial charge in [-0.25, -0.2) is 0 Å². The first kappa shape index (κ1) is 22.4. The van der Waals surface area contributed by atoms with Crippen LogP contribution in [-0.4, -0.2) is 29.4 Å². The van der Waals surface area contributed by atoms with Crippen LogP contribution in [0.1, 0.15) is 16.7 Å². The zero-order chi connectivity index (χ0) is 24.1. The van der Waals surface area contributed by atoms with Crippen LogP contribution in [0.2, 0.25) is 0 Å². The first-order chi connectivity index (χ1) is 17.2. The zero-order valence-electron chi connectivity index (χ0n) is 19.2. The van der Waals surface area contributed by atoms with Crippen LogP contribution in [-0.2, 0) is 21.7 Å². The number of rotatable bonds is 8. The quantitative estimate of drug-likeness (QED) is 0.391. The van der Waals surface area contributed by atoms with E-state index in [2.05, 4.69) is 5.32 Å². The van der Waals surface area contributed by atoms with Gasteiger partial charge in [0, 0.05) is 6.54 Å². The van der Waals surface area contributed by atoms with Gasteiger partial charge in [-0.1, -0.05) is 109 Å². The maximum atomic E-state index is 13.6. The first-order valence-corrected chi connectivity index (χ1v) is 11.6. The van der Waals surface area contributed by atoms with Crippen molar-refractivity contribution in [3.8, 4) is 5.75 Å². The van der Waals surface area contributed by atoms with Gasteiger partial charge in [0.25, 0.3) is 5.91 Å². The average Bonchev–Trinajstić information content (AvgIpc) is 2.93. The highest BCUT2D eigenvalue weighted by Crippen LogP contribution is 2.48. The van der Waals surface area contributed by atoms with E-state index in [4.69, 9.17) is 4.74 Å². The van der Waals surface area contributed by atoms with Gasteiger partial charge in [-0.15, -0.1) is 0 Å². The SMILES string of the molecule is O=C(COc1ccccc1)NC1C(=O)N(Cc2ccccc2)C1(c1ccccc1)c1ccccc1. The minimum Gasteiger partial charge on any atom is -0.484 e. The third-order valence-electron chi connectivity index (χ3n) is 6.39. The van der Waals surface area contributed by atoms with Crippen LogP contribution < -0.4 is 10.1 Å². The maximum Gasteiger partial charge on any atom is 0.258 e. The monoisotopic (exact) mass is 462 g/mol. The fraction of sp³-hybridized carbons (Fsp3) is 0.133. The van der Waals surface area contributed by atoms with E-state index >= 15 is 0 Å². The molecule has 5 nitrogen and oxygen atoms in total.